The fourth-order valence-electron chi connectivity index (χ4n) is 3.05. The van der Waals surface area contributed by atoms with E-state index in [-0.39, 0.29) is 12.5 Å². The molecule has 2 unspecified atom stereocenters. The zero-order chi connectivity index (χ0) is 22.9. The predicted octanol–water partition coefficient (Wildman–Crippen LogP) is 4.83. The smallest absolute Gasteiger partial charge is 0.412 e. The molecule has 3 rings (SSSR count). The maximum absolute atomic E-state index is 12.4. The lowest BCUT2D eigenvalue weighted by molar-refractivity contribution is -0.140. The Bertz CT molecular complexity index is 1040. The van der Waals surface area contributed by atoms with Crippen LogP contribution in [0.5, 0.6) is 0 Å². The summed E-state index contributed by atoms with van der Waals surface area (Å²) < 4.78 is 11.0. The summed E-state index contributed by atoms with van der Waals surface area (Å²) in [4.78, 5) is 31.4. The number of rotatable bonds is 9. The van der Waals surface area contributed by atoms with Gasteiger partial charge in [-0.05, 0) is 25.0 Å². The van der Waals surface area contributed by atoms with Gasteiger partial charge >= 0.3 is 12.1 Å². The molecule has 0 saturated heterocycles. The van der Waals surface area contributed by atoms with Crippen molar-refractivity contribution in [3.05, 3.63) is 78.2 Å². The molecule has 0 aliphatic heterocycles. The van der Waals surface area contributed by atoms with Crippen LogP contribution in [-0.2, 0) is 20.9 Å². The third kappa shape index (κ3) is 6.61. The number of carboxylic acid groups (broad SMARTS) is 1. The van der Waals surface area contributed by atoms with Gasteiger partial charge in [-0.25, -0.2) is 14.8 Å². The minimum absolute atomic E-state index is 0.0486. The van der Waals surface area contributed by atoms with Crippen molar-refractivity contribution in [2.75, 3.05) is 5.32 Å². The van der Waals surface area contributed by atoms with Gasteiger partial charge in [-0.1, -0.05) is 54.6 Å². The number of hydrogen-bond acceptors (Lipinski definition) is 6. The lowest BCUT2D eigenvalue weighted by atomic mass is 10.1. The van der Waals surface area contributed by atoms with Crippen LogP contribution >= 0.6 is 0 Å². The van der Waals surface area contributed by atoms with E-state index in [4.69, 9.17) is 14.6 Å². The monoisotopic (exact) mass is 435 g/mol. The molecular weight excluding hydrogens is 410 g/mol. The summed E-state index contributed by atoms with van der Waals surface area (Å²) in [6, 6.07) is 16.9. The van der Waals surface area contributed by atoms with E-state index in [1.807, 2.05) is 54.6 Å². The summed E-state index contributed by atoms with van der Waals surface area (Å²) in [6.45, 7) is 3.82. The molecule has 32 heavy (non-hydrogen) atoms. The number of nitrogens with zero attached hydrogens (tertiary/aromatic N) is 2. The maximum atomic E-state index is 12.4. The zero-order valence-corrected chi connectivity index (χ0v) is 17.9. The van der Waals surface area contributed by atoms with Crippen molar-refractivity contribution in [1.82, 2.24) is 9.97 Å². The highest BCUT2D eigenvalue weighted by atomic mass is 16.6. The van der Waals surface area contributed by atoms with E-state index in [1.54, 1.807) is 13.8 Å². The number of aliphatic carboxylic acids is 1. The summed E-state index contributed by atoms with van der Waals surface area (Å²) in [6.07, 6.45) is 1.48. The van der Waals surface area contributed by atoms with Gasteiger partial charge in [-0.15, -0.1) is 0 Å². The number of aromatic nitrogens is 2. The molecule has 8 heteroatoms. The molecule has 0 aliphatic rings. The van der Waals surface area contributed by atoms with Crippen molar-refractivity contribution >= 4 is 17.7 Å². The fourth-order valence-corrected chi connectivity index (χ4v) is 3.05. The van der Waals surface area contributed by atoms with Gasteiger partial charge in [0.05, 0.1) is 36.7 Å². The molecule has 0 saturated carbocycles. The molecule has 0 bridgehead atoms. The normalized spacial score (nSPS) is 12.6. The van der Waals surface area contributed by atoms with E-state index >= 15 is 0 Å². The quantitative estimate of drug-likeness (QED) is 0.495. The number of benzene rings is 2. The van der Waals surface area contributed by atoms with Gasteiger partial charge in [0.2, 0.25) is 0 Å². The molecule has 1 heterocycles. The van der Waals surface area contributed by atoms with Crippen LogP contribution in [0.3, 0.4) is 0 Å². The SMILES string of the molecule is CC(CC(=O)O)OCc1ccc(-c2ncncc2NC(=O)OC(C)c2ccccc2)cc1. The van der Waals surface area contributed by atoms with Crippen LogP contribution in [0.4, 0.5) is 10.5 Å². The Hall–Kier alpha value is -3.78. The molecule has 3 aromatic rings. The maximum Gasteiger partial charge on any atom is 0.412 e. The van der Waals surface area contributed by atoms with Crippen molar-refractivity contribution in [1.29, 1.82) is 0 Å². The van der Waals surface area contributed by atoms with Gasteiger partial charge in [0.1, 0.15) is 12.4 Å². The molecule has 1 aromatic heterocycles. The lowest BCUT2D eigenvalue weighted by Gasteiger charge is -2.15. The molecule has 0 aliphatic carbocycles. The first-order valence-corrected chi connectivity index (χ1v) is 10.2. The van der Waals surface area contributed by atoms with Gasteiger partial charge < -0.3 is 14.6 Å². The van der Waals surface area contributed by atoms with Gasteiger partial charge in [-0.3, -0.25) is 10.1 Å². The first-order chi connectivity index (χ1) is 15.4. The number of ether oxygens (including phenoxy) is 2. The predicted molar refractivity (Wildman–Crippen MR) is 119 cm³/mol. The van der Waals surface area contributed by atoms with Crippen LogP contribution in [0.25, 0.3) is 11.3 Å². The van der Waals surface area contributed by atoms with E-state index in [2.05, 4.69) is 15.3 Å². The van der Waals surface area contributed by atoms with E-state index in [0.29, 0.717) is 18.0 Å². The average Bonchev–Trinajstić information content (AvgIpc) is 2.78. The minimum atomic E-state index is -0.895. The van der Waals surface area contributed by atoms with E-state index in [1.165, 1.54) is 12.5 Å². The minimum Gasteiger partial charge on any atom is -0.481 e. The van der Waals surface area contributed by atoms with Crippen molar-refractivity contribution < 1.29 is 24.2 Å². The second-order valence-electron chi connectivity index (χ2n) is 7.28. The molecule has 8 nitrogen and oxygen atoms in total. The Kier molecular flexibility index (Phi) is 7.88. The van der Waals surface area contributed by atoms with E-state index in [0.717, 1.165) is 16.7 Å². The molecule has 0 fully saturated rings. The van der Waals surface area contributed by atoms with Crippen LogP contribution in [0, 0.1) is 0 Å². The number of amides is 1. The van der Waals surface area contributed by atoms with E-state index in [9.17, 15) is 9.59 Å². The van der Waals surface area contributed by atoms with Crippen LogP contribution in [0.1, 0.15) is 37.5 Å². The van der Waals surface area contributed by atoms with Gasteiger partial charge in [-0.2, -0.15) is 0 Å². The Labute approximate surface area is 186 Å². The molecule has 1 amide bonds. The second kappa shape index (κ2) is 11.0. The molecular formula is C24H25N3O5. The zero-order valence-electron chi connectivity index (χ0n) is 17.9. The average molecular weight is 435 g/mol. The van der Waals surface area contributed by atoms with Crippen LogP contribution in [0.15, 0.2) is 67.1 Å². The van der Waals surface area contributed by atoms with E-state index < -0.39 is 18.2 Å². The Morgan fingerprint density at radius 3 is 2.47 bits per heavy atom. The number of anilines is 1. The Balaban J connectivity index is 1.64. The summed E-state index contributed by atoms with van der Waals surface area (Å²) in [5.74, 6) is -0.895. The molecule has 166 valence electrons. The van der Waals surface area contributed by atoms with Crippen LogP contribution in [0.2, 0.25) is 0 Å². The highest BCUT2D eigenvalue weighted by molar-refractivity contribution is 5.89. The second-order valence-corrected chi connectivity index (χ2v) is 7.28. The third-order valence-electron chi connectivity index (χ3n) is 4.73. The standard InChI is InChI=1S/C24H25N3O5/c1-16(12-22(28)29)31-14-18-8-10-20(11-9-18)23-21(13-25-15-26-23)27-24(30)32-17(2)19-6-4-3-5-7-19/h3-11,13,15-17H,12,14H2,1-2H3,(H,27,30)(H,28,29). The highest BCUT2D eigenvalue weighted by Crippen LogP contribution is 2.26. The first-order valence-electron chi connectivity index (χ1n) is 10.2. The summed E-state index contributed by atoms with van der Waals surface area (Å²) >= 11 is 0. The number of hydrogen-bond donors (Lipinski definition) is 2. The largest absolute Gasteiger partial charge is 0.481 e. The van der Waals surface area contributed by atoms with Crippen molar-refractivity contribution in [3.63, 3.8) is 0 Å². The summed E-state index contributed by atoms with van der Waals surface area (Å²) in [5.41, 5.74) is 3.54. The number of carbonyl (C=O) groups is 2. The topological polar surface area (TPSA) is 111 Å². The molecule has 2 atom stereocenters. The van der Waals surface area contributed by atoms with Crippen molar-refractivity contribution in [2.24, 2.45) is 0 Å². The Morgan fingerprint density at radius 1 is 1.06 bits per heavy atom. The number of carbonyl (C=O) groups excluding carboxylic acids is 1. The van der Waals surface area contributed by atoms with Gasteiger partial charge in [0.25, 0.3) is 0 Å². The van der Waals surface area contributed by atoms with Gasteiger partial charge in [0, 0.05) is 5.56 Å². The summed E-state index contributed by atoms with van der Waals surface area (Å²) in [5, 5.41) is 11.5. The van der Waals surface area contributed by atoms with Crippen LogP contribution < -0.4 is 5.32 Å². The lowest BCUT2D eigenvalue weighted by Crippen LogP contribution is -2.17. The molecule has 2 aromatic carbocycles. The number of nitrogens with one attached hydrogen (secondary N) is 1. The van der Waals surface area contributed by atoms with Crippen molar-refractivity contribution in [2.45, 2.75) is 39.1 Å². The molecule has 0 radical (unpaired) electrons. The summed E-state index contributed by atoms with van der Waals surface area (Å²) in [7, 11) is 0. The molecule has 2 N–H and O–H groups in total. The Morgan fingerprint density at radius 2 is 1.78 bits per heavy atom. The van der Waals surface area contributed by atoms with Gasteiger partial charge in [0.15, 0.2) is 0 Å². The first kappa shape index (κ1) is 22.9. The van der Waals surface area contributed by atoms with Crippen LogP contribution in [-0.4, -0.2) is 33.2 Å². The fraction of sp³-hybridized carbons (Fsp3) is 0.250. The van der Waals surface area contributed by atoms with Crippen molar-refractivity contribution in [3.8, 4) is 11.3 Å². The highest BCUT2D eigenvalue weighted by Gasteiger charge is 2.15. The molecule has 0 spiro atoms. The third-order valence-corrected chi connectivity index (χ3v) is 4.73. The number of carboxylic acids is 1.